The molecular weight excluding hydrogens is 606 g/mol. The molecule has 3 aliphatic heterocycles. The number of likely N-dealkylation sites (tertiary alicyclic amines) is 1. The normalized spacial score (nSPS) is 22.1. The lowest BCUT2D eigenvalue weighted by Gasteiger charge is -2.44. The van der Waals surface area contributed by atoms with Crippen molar-refractivity contribution >= 4 is 23.5 Å². The lowest BCUT2D eigenvalue weighted by Crippen LogP contribution is -2.57. The summed E-state index contributed by atoms with van der Waals surface area (Å²) < 4.78 is 28.4. The van der Waals surface area contributed by atoms with Crippen molar-refractivity contribution in [2.75, 3.05) is 71.4 Å². The van der Waals surface area contributed by atoms with E-state index >= 15 is 0 Å². The summed E-state index contributed by atoms with van der Waals surface area (Å²) in [6.07, 6.45) is 2.68. The van der Waals surface area contributed by atoms with Gasteiger partial charge < -0.3 is 43.9 Å². The summed E-state index contributed by atoms with van der Waals surface area (Å²) in [4.78, 5) is 43.2. The third-order valence-corrected chi connectivity index (χ3v) is 9.13. The number of benzene rings is 2. The topological polar surface area (TPSA) is 136 Å². The van der Waals surface area contributed by atoms with Crippen LogP contribution in [0.5, 0.6) is 0 Å². The number of piperidine rings is 1. The maximum atomic E-state index is 14.0. The predicted molar refractivity (Wildman–Crippen MR) is 172 cm³/mol. The molecule has 2 saturated heterocycles. The van der Waals surface area contributed by atoms with E-state index in [1.807, 2.05) is 55.5 Å². The number of nitrogens with zero attached hydrogens (tertiary/aromatic N) is 2. The summed E-state index contributed by atoms with van der Waals surface area (Å²) >= 11 is 0. The molecule has 2 amide bonds. The number of ether oxygens (including phenoxy) is 5. The number of rotatable bonds is 14. The Morgan fingerprint density at radius 1 is 1.00 bits per heavy atom. The first-order chi connectivity index (χ1) is 22.9. The van der Waals surface area contributed by atoms with Crippen molar-refractivity contribution in [3.63, 3.8) is 0 Å². The van der Waals surface area contributed by atoms with Gasteiger partial charge in [-0.3, -0.25) is 9.59 Å². The van der Waals surface area contributed by atoms with Crippen LogP contribution >= 0.6 is 0 Å². The van der Waals surface area contributed by atoms with Crippen LogP contribution in [0.2, 0.25) is 0 Å². The monoisotopic (exact) mass is 651 g/mol. The molecular formula is C35H45N3O9. The van der Waals surface area contributed by atoms with Crippen LogP contribution in [-0.4, -0.2) is 106 Å². The van der Waals surface area contributed by atoms with E-state index in [1.54, 1.807) is 17.0 Å². The van der Waals surface area contributed by atoms with Crippen LogP contribution in [0.4, 0.5) is 5.69 Å². The fraction of sp³-hybridized carbons (Fsp3) is 0.514. The van der Waals surface area contributed by atoms with Gasteiger partial charge in [0.2, 0.25) is 12.2 Å². The molecule has 0 aliphatic carbocycles. The molecule has 0 aromatic heterocycles. The first-order valence-corrected chi connectivity index (χ1v) is 16.3. The number of allylic oxidation sites excluding steroid dienone is 1. The van der Waals surface area contributed by atoms with Crippen molar-refractivity contribution in [2.45, 2.75) is 43.9 Å². The Hall–Kier alpha value is -3.97. The number of esters is 1. The summed E-state index contributed by atoms with van der Waals surface area (Å²) in [6, 6.07) is 17.0. The fourth-order valence-electron chi connectivity index (χ4n) is 6.64. The first kappa shape index (κ1) is 34.4. The van der Waals surface area contributed by atoms with E-state index in [4.69, 9.17) is 28.8 Å². The second-order valence-electron chi connectivity index (χ2n) is 11.8. The average Bonchev–Trinajstić information content (AvgIpc) is 3.42. The second-order valence-corrected chi connectivity index (χ2v) is 11.8. The average molecular weight is 652 g/mol. The molecule has 5 rings (SSSR count). The van der Waals surface area contributed by atoms with E-state index in [9.17, 15) is 14.4 Å². The van der Waals surface area contributed by atoms with Gasteiger partial charge in [0.15, 0.2) is 5.76 Å². The SMILES string of the molecule is CCOC1OC(C(=O)N2CCC3(CC2)C(=O)NCN3c2ccccc2)=C[C@@H](c2ccc(C(=O)OC)cc2)C1CCOCCOCCO. The molecule has 3 aliphatic rings. The smallest absolute Gasteiger partial charge is 0.337 e. The Labute approximate surface area is 275 Å². The highest BCUT2D eigenvalue weighted by molar-refractivity contribution is 5.95. The quantitative estimate of drug-likeness (QED) is 0.232. The third kappa shape index (κ3) is 7.78. The fourth-order valence-corrected chi connectivity index (χ4v) is 6.64. The van der Waals surface area contributed by atoms with Gasteiger partial charge in [-0.2, -0.15) is 0 Å². The van der Waals surface area contributed by atoms with Gasteiger partial charge in [-0.25, -0.2) is 4.79 Å². The minimum atomic E-state index is -0.716. The van der Waals surface area contributed by atoms with Crippen molar-refractivity contribution < 1.29 is 43.2 Å². The molecule has 1 spiro atoms. The molecule has 0 radical (unpaired) electrons. The molecule has 47 heavy (non-hydrogen) atoms. The van der Waals surface area contributed by atoms with Crippen molar-refractivity contribution in [2.24, 2.45) is 5.92 Å². The van der Waals surface area contributed by atoms with Crippen LogP contribution in [0, 0.1) is 5.92 Å². The van der Waals surface area contributed by atoms with Crippen LogP contribution in [0.25, 0.3) is 0 Å². The zero-order valence-electron chi connectivity index (χ0n) is 27.1. The summed E-state index contributed by atoms with van der Waals surface area (Å²) in [5.41, 5.74) is 1.57. The van der Waals surface area contributed by atoms with Crippen molar-refractivity contribution in [1.82, 2.24) is 10.2 Å². The number of para-hydroxylation sites is 1. The molecule has 2 N–H and O–H groups in total. The molecule has 254 valence electrons. The van der Waals surface area contributed by atoms with Gasteiger partial charge in [0.05, 0.1) is 45.8 Å². The second kappa shape index (κ2) is 16.2. The van der Waals surface area contributed by atoms with Crippen LogP contribution in [0.15, 0.2) is 66.4 Å². The largest absolute Gasteiger partial charge is 0.465 e. The van der Waals surface area contributed by atoms with E-state index in [2.05, 4.69) is 10.2 Å². The number of carbonyl (C=O) groups is 3. The number of methoxy groups -OCH3 is 1. The molecule has 2 unspecified atom stereocenters. The van der Waals surface area contributed by atoms with Crippen molar-refractivity contribution in [3.8, 4) is 0 Å². The Kier molecular flexibility index (Phi) is 11.9. The van der Waals surface area contributed by atoms with Gasteiger partial charge >= 0.3 is 5.97 Å². The molecule has 3 atom stereocenters. The highest BCUT2D eigenvalue weighted by atomic mass is 16.7. The Morgan fingerprint density at radius 2 is 1.70 bits per heavy atom. The summed E-state index contributed by atoms with van der Waals surface area (Å²) in [5, 5.41) is 11.9. The predicted octanol–water partition coefficient (Wildman–Crippen LogP) is 2.82. The Bertz CT molecular complexity index is 1380. The van der Waals surface area contributed by atoms with Crippen LogP contribution in [-0.2, 0) is 33.3 Å². The van der Waals surface area contributed by atoms with Crippen LogP contribution in [0.1, 0.15) is 48.0 Å². The number of hydrogen-bond donors (Lipinski definition) is 2. The van der Waals surface area contributed by atoms with E-state index in [0.29, 0.717) is 71.0 Å². The highest BCUT2D eigenvalue weighted by Gasteiger charge is 2.51. The zero-order chi connectivity index (χ0) is 33.2. The molecule has 12 heteroatoms. The maximum absolute atomic E-state index is 14.0. The van der Waals surface area contributed by atoms with Gasteiger partial charge in [0.25, 0.3) is 5.91 Å². The van der Waals surface area contributed by atoms with Gasteiger partial charge in [-0.15, -0.1) is 0 Å². The molecule has 2 aromatic carbocycles. The van der Waals surface area contributed by atoms with Gasteiger partial charge in [0, 0.05) is 43.8 Å². The lowest BCUT2D eigenvalue weighted by atomic mass is 9.81. The Balaban J connectivity index is 1.34. The number of amides is 2. The molecule has 12 nitrogen and oxygen atoms in total. The molecule has 2 fully saturated rings. The molecule has 0 saturated carbocycles. The summed E-state index contributed by atoms with van der Waals surface area (Å²) in [5.74, 6) is -0.961. The number of aliphatic hydroxyl groups excluding tert-OH is 1. The minimum absolute atomic E-state index is 0.0153. The summed E-state index contributed by atoms with van der Waals surface area (Å²) in [7, 11) is 1.34. The number of nitrogens with one attached hydrogen (secondary N) is 1. The van der Waals surface area contributed by atoms with Crippen LogP contribution in [0.3, 0.4) is 0 Å². The van der Waals surface area contributed by atoms with Gasteiger partial charge in [-0.05, 0) is 62.1 Å². The lowest BCUT2D eigenvalue weighted by molar-refractivity contribution is -0.172. The van der Waals surface area contributed by atoms with E-state index in [-0.39, 0.29) is 42.6 Å². The van der Waals surface area contributed by atoms with Gasteiger partial charge in [-0.1, -0.05) is 30.3 Å². The number of aliphatic hydroxyl groups is 1. The minimum Gasteiger partial charge on any atom is -0.465 e. The zero-order valence-corrected chi connectivity index (χ0v) is 27.1. The number of anilines is 1. The highest BCUT2D eigenvalue weighted by Crippen LogP contribution is 2.41. The standard InChI is InChI=1S/C35H45N3O9/c1-3-46-33-28(13-19-44-21-22-45-20-18-39)29(25-9-11-26(12-10-25)32(41)43-2)23-30(47-33)31(40)37-16-14-35(15-17-37)34(42)36-24-38(35)27-7-5-4-6-8-27/h4-12,23,28-29,33,39H,3,13-22,24H2,1-2H3,(H,36,42)/t28?,29-,33?/m0/s1. The van der Waals surface area contributed by atoms with Crippen molar-refractivity contribution in [3.05, 3.63) is 77.6 Å². The molecule has 3 heterocycles. The third-order valence-electron chi connectivity index (χ3n) is 9.13. The van der Waals surface area contributed by atoms with E-state index in [1.165, 1.54) is 7.11 Å². The van der Waals surface area contributed by atoms with Gasteiger partial charge in [0.1, 0.15) is 5.54 Å². The van der Waals surface area contributed by atoms with Crippen LogP contribution < -0.4 is 10.2 Å². The maximum Gasteiger partial charge on any atom is 0.337 e. The van der Waals surface area contributed by atoms with E-state index in [0.717, 1.165) is 11.3 Å². The molecule has 0 bridgehead atoms. The number of hydrogen-bond acceptors (Lipinski definition) is 10. The summed E-state index contributed by atoms with van der Waals surface area (Å²) in [6.45, 7) is 4.84. The first-order valence-electron chi connectivity index (χ1n) is 16.3. The number of carbonyl (C=O) groups excluding carboxylic acids is 3. The Morgan fingerprint density at radius 3 is 2.36 bits per heavy atom. The molecule has 2 aromatic rings. The van der Waals surface area contributed by atoms with Crippen molar-refractivity contribution in [1.29, 1.82) is 0 Å². The van der Waals surface area contributed by atoms with E-state index < -0.39 is 17.8 Å².